The molecule has 2 N–H and O–H groups in total. The summed E-state index contributed by atoms with van der Waals surface area (Å²) in [5.74, 6) is -0.0319. The van der Waals surface area contributed by atoms with Gasteiger partial charge in [0.25, 0.3) is 0 Å². The molecular weight excluding hydrogens is 673 g/mol. The van der Waals surface area contributed by atoms with E-state index in [1.54, 1.807) is 6.08 Å². The molecule has 3 heterocycles. The van der Waals surface area contributed by atoms with Crippen molar-refractivity contribution in [2.45, 2.75) is 0 Å². The molecule has 6 aromatic carbocycles. The van der Waals surface area contributed by atoms with E-state index in [1.807, 2.05) is 182 Å². The largest absolute Gasteiger partial charge is 0.693 e. The Morgan fingerprint density at radius 3 is 1.15 bits per heavy atom. The standard InChI is InChI=1S/C47H33BF2N2O2/c49-48(50)53-38(46-42(34-23-11-3-12-24-34)40(32-19-7-1-8-20-32)44(51-46)36-27-15-5-16-28-36)31-39(54-48)47-43(35-25-13-4-14-26-35)41(33-21-9-2-10-22-33)45(52-47)37-29-17-6-18-30-37/h1-31,51-52H. The second-order valence-electron chi connectivity index (χ2n) is 13.1. The number of halogens is 2. The molecule has 0 saturated carbocycles. The lowest BCUT2D eigenvalue weighted by Gasteiger charge is -2.30. The van der Waals surface area contributed by atoms with Crippen LogP contribution in [0.15, 0.2) is 188 Å². The maximum absolute atomic E-state index is 16.2. The summed E-state index contributed by atoms with van der Waals surface area (Å²) < 4.78 is 43.5. The van der Waals surface area contributed by atoms with E-state index >= 15 is 8.63 Å². The van der Waals surface area contributed by atoms with Crippen LogP contribution in [0.1, 0.15) is 11.4 Å². The van der Waals surface area contributed by atoms with Gasteiger partial charge in [-0.25, -0.2) is 0 Å². The molecule has 0 aliphatic carbocycles. The Morgan fingerprint density at radius 1 is 0.389 bits per heavy atom. The highest BCUT2D eigenvalue weighted by Crippen LogP contribution is 2.50. The highest BCUT2D eigenvalue weighted by molar-refractivity contribution is 6.53. The first-order chi connectivity index (χ1) is 26.5. The van der Waals surface area contributed by atoms with Crippen molar-refractivity contribution in [3.05, 3.63) is 206 Å². The Bertz CT molecular complexity index is 2560. The second kappa shape index (κ2) is 14.0. The van der Waals surface area contributed by atoms with E-state index in [4.69, 9.17) is 9.31 Å². The van der Waals surface area contributed by atoms with Gasteiger partial charge in [0.05, 0.1) is 17.0 Å². The third-order valence-electron chi connectivity index (χ3n) is 9.66. The van der Waals surface area contributed by atoms with Crippen LogP contribution in [0.25, 0.3) is 72.8 Å². The van der Waals surface area contributed by atoms with Crippen molar-refractivity contribution in [1.82, 2.24) is 9.97 Å². The number of H-pyrrole nitrogens is 2. The zero-order chi connectivity index (χ0) is 36.5. The molecule has 0 saturated heterocycles. The van der Waals surface area contributed by atoms with E-state index < -0.39 is 7.11 Å². The van der Waals surface area contributed by atoms with E-state index in [0.29, 0.717) is 11.4 Å². The van der Waals surface area contributed by atoms with Crippen LogP contribution >= 0.6 is 0 Å². The number of hydrogen-bond donors (Lipinski definition) is 2. The maximum atomic E-state index is 16.2. The van der Waals surface area contributed by atoms with Crippen LogP contribution in [0, 0.1) is 6.10 Å². The Kier molecular flexibility index (Phi) is 8.54. The van der Waals surface area contributed by atoms with E-state index in [9.17, 15) is 0 Å². The number of hydrogen-bond acceptors (Lipinski definition) is 2. The van der Waals surface area contributed by atoms with Gasteiger partial charge in [-0.05, 0) is 39.9 Å². The van der Waals surface area contributed by atoms with Crippen molar-refractivity contribution in [2.24, 2.45) is 0 Å². The maximum Gasteiger partial charge on any atom is 0.693 e. The summed E-state index contributed by atoms with van der Waals surface area (Å²) in [5, 5.41) is 0. The molecule has 0 amide bonds. The third kappa shape index (κ3) is 6.21. The number of aromatic nitrogens is 2. The molecule has 0 unspecified atom stereocenters. The van der Waals surface area contributed by atoms with Gasteiger partial charge >= 0.3 is 7.11 Å². The van der Waals surface area contributed by atoms with Gasteiger partial charge in [0.1, 0.15) is 17.3 Å². The van der Waals surface area contributed by atoms with Crippen LogP contribution in [0.4, 0.5) is 8.63 Å². The van der Waals surface area contributed by atoms with Gasteiger partial charge in [0.15, 0.2) is 17.6 Å². The average Bonchev–Trinajstić information content (AvgIpc) is 3.83. The number of rotatable bonds is 8. The normalized spacial score (nSPS) is 13.7. The van der Waals surface area contributed by atoms with E-state index in [0.717, 1.165) is 67.0 Å². The first-order valence-corrected chi connectivity index (χ1v) is 17.9. The lowest BCUT2D eigenvalue weighted by molar-refractivity contribution is 0.147. The predicted octanol–water partition coefficient (Wildman–Crippen LogP) is 12.7. The SMILES string of the molecule is F[B-]1(F)OC(c2[nH]c(-c3ccccc3)c(-c3ccccc3)c2-c2ccccc2)=C[C+](c2[nH]c(-c3ccccc3)c(-c3ccccc3)c2-c2ccccc2)O1. The minimum Gasteiger partial charge on any atom is -0.570 e. The van der Waals surface area contributed by atoms with Gasteiger partial charge in [-0.15, -0.1) is 0 Å². The molecule has 0 spiro atoms. The third-order valence-corrected chi connectivity index (χ3v) is 9.66. The molecule has 1 aliphatic heterocycles. The fourth-order valence-corrected chi connectivity index (χ4v) is 7.36. The van der Waals surface area contributed by atoms with Crippen molar-refractivity contribution in [2.75, 3.05) is 0 Å². The molecule has 0 fully saturated rings. The summed E-state index contributed by atoms with van der Waals surface area (Å²) in [5.41, 5.74) is 11.0. The van der Waals surface area contributed by atoms with E-state index in [1.165, 1.54) is 0 Å². The molecule has 0 atom stereocenters. The first-order valence-electron chi connectivity index (χ1n) is 17.9. The molecule has 0 bridgehead atoms. The first kappa shape index (κ1) is 33.0. The van der Waals surface area contributed by atoms with Crippen LogP contribution in [-0.4, -0.2) is 17.1 Å². The summed E-state index contributed by atoms with van der Waals surface area (Å²) >= 11 is 0. The fourth-order valence-electron chi connectivity index (χ4n) is 7.36. The van der Waals surface area contributed by atoms with Crippen molar-refractivity contribution in [3.8, 4) is 67.0 Å². The Labute approximate surface area is 312 Å². The molecule has 260 valence electrons. The molecule has 4 nitrogen and oxygen atoms in total. The minimum atomic E-state index is -4.82. The van der Waals surface area contributed by atoms with E-state index in [-0.39, 0.29) is 11.9 Å². The summed E-state index contributed by atoms with van der Waals surface area (Å²) in [7, 11) is -4.82. The zero-order valence-corrected chi connectivity index (χ0v) is 29.0. The summed E-state index contributed by atoms with van der Waals surface area (Å²) in [6.07, 6.45) is 1.55. The number of benzene rings is 6. The van der Waals surface area contributed by atoms with Crippen LogP contribution in [0.5, 0.6) is 0 Å². The smallest absolute Gasteiger partial charge is 0.570 e. The van der Waals surface area contributed by atoms with Gasteiger partial charge in [0.2, 0.25) is 0 Å². The van der Waals surface area contributed by atoms with Crippen LogP contribution in [-0.2, 0) is 9.31 Å². The lowest BCUT2D eigenvalue weighted by atomic mass is 9.90. The molecular formula is C47H33BF2N2O2. The highest BCUT2D eigenvalue weighted by atomic mass is 19.3. The Morgan fingerprint density at radius 2 is 0.722 bits per heavy atom. The highest BCUT2D eigenvalue weighted by Gasteiger charge is 2.47. The second-order valence-corrected chi connectivity index (χ2v) is 13.1. The molecule has 0 radical (unpaired) electrons. The molecule has 54 heavy (non-hydrogen) atoms. The van der Waals surface area contributed by atoms with Crippen molar-refractivity contribution < 1.29 is 17.9 Å². The van der Waals surface area contributed by atoms with Crippen molar-refractivity contribution in [1.29, 1.82) is 0 Å². The molecule has 7 heteroatoms. The van der Waals surface area contributed by atoms with E-state index in [2.05, 4.69) is 9.97 Å². The van der Waals surface area contributed by atoms with Gasteiger partial charge in [-0.2, -0.15) is 0 Å². The van der Waals surface area contributed by atoms with Gasteiger partial charge in [-0.1, -0.05) is 170 Å². The number of aromatic amines is 2. The average molecular weight is 707 g/mol. The minimum absolute atomic E-state index is 0.0319. The van der Waals surface area contributed by atoms with Crippen LogP contribution in [0.2, 0.25) is 0 Å². The Balaban J connectivity index is 1.32. The van der Waals surface area contributed by atoms with Gasteiger partial charge < -0.3 is 27.9 Å². The van der Waals surface area contributed by atoms with Crippen molar-refractivity contribution in [3.63, 3.8) is 0 Å². The van der Waals surface area contributed by atoms with Crippen LogP contribution < -0.4 is 0 Å². The monoisotopic (exact) mass is 706 g/mol. The molecule has 1 aliphatic rings. The number of nitrogens with one attached hydrogen (secondary N) is 2. The van der Waals surface area contributed by atoms with Gasteiger partial charge in [0, 0.05) is 16.7 Å². The predicted molar refractivity (Wildman–Crippen MR) is 215 cm³/mol. The Hall–Kier alpha value is -6.83. The van der Waals surface area contributed by atoms with Gasteiger partial charge in [-0.3, -0.25) is 0 Å². The fraction of sp³-hybridized carbons (Fsp3) is 0. The quantitative estimate of drug-likeness (QED) is 0.122. The molecule has 2 aromatic heterocycles. The topological polar surface area (TPSA) is 50.0 Å². The summed E-state index contributed by atoms with van der Waals surface area (Å²) in [6, 6.07) is 59.3. The summed E-state index contributed by atoms with van der Waals surface area (Å²) in [4.78, 5) is 7.12. The molecule has 9 rings (SSSR count). The van der Waals surface area contributed by atoms with Crippen molar-refractivity contribution >= 4 is 12.9 Å². The zero-order valence-electron chi connectivity index (χ0n) is 29.0. The lowest BCUT2D eigenvalue weighted by Crippen LogP contribution is -2.37. The summed E-state index contributed by atoms with van der Waals surface area (Å²) in [6.45, 7) is 0. The molecule has 8 aromatic rings. The van der Waals surface area contributed by atoms with Crippen LogP contribution in [0.3, 0.4) is 0 Å².